The third-order valence-electron chi connectivity index (χ3n) is 3.18. The first-order valence-electron chi connectivity index (χ1n) is 7.99. The molecule has 0 rings (SSSR count). The van der Waals surface area contributed by atoms with Crippen LogP contribution < -0.4 is 5.73 Å². The monoisotopic (exact) mass is 397 g/mol. The lowest BCUT2D eigenvalue weighted by Crippen LogP contribution is -2.43. The molecule has 0 fully saturated rings. The van der Waals surface area contributed by atoms with Crippen LogP contribution in [0.3, 0.4) is 0 Å². The third kappa shape index (κ3) is 10.5. The molecule has 10 nitrogen and oxygen atoms in total. The van der Waals surface area contributed by atoms with Gasteiger partial charge in [-0.2, -0.15) is 0 Å². The second kappa shape index (κ2) is 12.8. The Balaban J connectivity index is 5.36. The molecule has 0 aromatic rings. The van der Waals surface area contributed by atoms with E-state index in [4.69, 9.17) is 24.7 Å². The van der Waals surface area contributed by atoms with Gasteiger partial charge in [0.2, 0.25) is 5.91 Å². The molecule has 0 spiro atoms. The largest absolute Gasteiger partial charge is 0.465 e. The average molecular weight is 397 g/mol. The Labute approximate surface area is 161 Å². The maximum atomic E-state index is 11.8. The van der Waals surface area contributed by atoms with E-state index in [1.165, 1.54) is 0 Å². The highest BCUT2D eigenvalue weighted by Crippen LogP contribution is 2.22. The van der Waals surface area contributed by atoms with E-state index in [-0.39, 0.29) is 12.8 Å². The minimum atomic E-state index is -1.42. The number of amides is 1. The molecule has 0 atom stereocenters. The predicted molar refractivity (Wildman–Crippen MR) is 95.3 cm³/mol. The highest BCUT2D eigenvalue weighted by molar-refractivity contribution is 5.82. The third-order valence-corrected chi connectivity index (χ3v) is 3.18. The molecule has 0 saturated carbocycles. The Bertz CT molecular complexity index is 579. The molecule has 0 aliphatic carbocycles. The number of esters is 4. The number of rotatable bonds is 14. The number of carbonyl (C=O) groups excluding carboxylic acids is 5. The van der Waals surface area contributed by atoms with Gasteiger partial charge in [0.1, 0.15) is 31.8 Å². The van der Waals surface area contributed by atoms with Crippen molar-refractivity contribution in [3.05, 3.63) is 38.0 Å². The fourth-order valence-corrected chi connectivity index (χ4v) is 1.63. The van der Waals surface area contributed by atoms with Crippen molar-refractivity contribution in [1.82, 2.24) is 0 Å². The molecule has 0 aromatic heterocycles. The van der Waals surface area contributed by atoms with E-state index in [2.05, 4.69) is 19.7 Å². The summed E-state index contributed by atoms with van der Waals surface area (Å²) in [4.78, 5) is 56.8. The van der Waals surface area contributed by atoms with Crippen LogP contribution in [-0.2, 0) is 42.9 Å². The predicted octanol–water partition coefficient (Wildman–Crippen LogP) is -0.0309. The van der Waals surface area contributed by atoms with Crippen LogP contribution in [0.5, 0.6) is 0 Å². The number of hydrogen-bond donors (Lipinski definition) is 1. The van der Waals surface area contributed by atoms with Gasteiger partial charge in [0.25, 0.3) is 0 Å². The molecule has 0 aliphatic rings. The molecule has 10 heteroatoms. The van der Waals surface area contributed by atoms with Crippen molar-refractivity contribution in [1.29, 1.82) is 0 Å². The van der Waals surface area contributed by atoms with Crippen molar-refractivity contribution in [2.45, 2.75) is 12.8 Å². The summed E-state index contributed by atoms with van der Waals surface area (Å²) in [5.74, 6) is -3.86. The topological polar surface area (TPSA) is 148 Å². The van der Waals surface area contributed by atoms with Crippen LogP contribution in [0, 0.1) is 5.41 Å². The molecule has 2 N–H and O–H groups in total. The first kappa shape index (κ1) is 24.6. The standard InChI is InChI=1S/C18H23NO9/c1-4-14(21)25-9-18(10-26-15(22)5-2,11-27-16(23)6-3)12-28-17(24)8-7-13(19)20/h4-6H,1-3,7-12H2,(H2,19,20). The molecule has 0 radical (unpaired) electrons. The van der Waals surface area contributed by atoms with E-state index in [9.17, 15) is 24.0 Å². The summed E-state index contributed by atoms with van der Waals surface area (Å²) < 4.78 is 19.9. The fraction of sp³-hybridized carbons (Fsp3) is 0.389. The maximum Gasteiger partial charge on any atom is 0.330 e. The Morgan fingerprint density at radius 2 is 1.04 bits per heavy atom. The van der Waals surface area contributed by atoms with Crippen LogP contribution >= 0.6 is 0 Å². The molecule has 1 amide bonds. The van der Waals surface area contributed by atoms with Crippen LogP contribution in [0.1, 0.15) is 12.8 Å². The Hall–Kier alpha value is -3.43. The lowest BCUT2D eigenvalue weighted by molar-refractivity contribution is -0.166. The number of primary amides is 1. The fourth-order valence-electron chi connectivity index (χ4n) is 1.63. The summed E-state index contributed by atoms with van der Waals surface area (Å²) in [6.07, 6.45) is 2.18. The molecule has 0 heterocycles. The van der Waals surface area contributed by atoms with Crippen molar-refractivity contribution in [2.75, 3.05) is 26.4 Å². The van der Waals surface area contributed by atoms with Crippen LogP contribution in [0.25, 0.3) is 0 Å². The van der Waals surface area contributed by atoms with E-state index >= 15 is 0 Å². The SMILES string of the molecule is C=CC(=O)OCC(COC(=O)C=C)(COC(=O)C=C)COC(=O)CCC(N)=O. The van der Waals surface area contributed by atoms with E-state index in [0.717, 1.165) is 18.2 Å². The van der Waals surface area contributed by atoms with Crippen molar-refractivity contribution >= 4 is 29.8 Å². The molecule has 154 valence electrons. The van der Waals surface area contributed by atoms with Gasteiger partial charge in [-0.25, -0.2) is 14.4 Å². The second-order valence-electron chi connectivity index (χ2n) is 5.56. The average Bonchev–Trinajstić information content (AvgIpc) is 2.69. The summed E-state index contributed by atoms with van der Waals surface area (Å²) in [5.41, 5.74) is 3.55. The van der Waals surface area contributed by atoms with Gasteiger partial charge in [-0.3, -0.25) is 9.59 Å². The van der Waals surface area contributed by atoms with Gasteiger partial charge >= 0.3 is 23.9 Å². The van der Waals surface area contributed by atoms with Crippen molar-refractivity contribution in [2.24, 2.45) is 11.1 Å². The first-order chi connectivity index (χ1) is 13.2. The van der Waals surface area contributed by atoms with Crippen molar-refractivity contribution < 1.29 is 42.9 Å². The first-order valence-corrected chi connectivity index (χ1v) is 7.99. The number of ether oxygens (including phenoxy) is 4. The zero-order valence-electron chi connectivity index (χ0n) is 15.3. The Kier molecular flexibility index (Phi) is 11.3. The van der Waals surface area contributed by atoms with E-state index in [0.29, 0.717) is 0 Å². The minimum absolute atomic E-state index is 0.228. The maximum absolute atomic E-state index is 11.8. The van der Waals surface area contributed by atoms with Crippen LogP contribution in [0.2, 0.25) is 0 Å². The van der Waals surface area contributed by atoms with Crippen molar-refractivity contribution in [3.63, 3.8) is 0 Å². The molecule has 0 unspecified atom stereocenters. The van der Waals surface area contributed by atoms with Gasteiger partial charge in [-0.15, -0.1) is 0 Å². The zero-order valence-corrected chi connectivity index (χ0v) is 15.3. The van der Waals surface area contributed by atoms with E-state index in [1.54, 1.807) is 0 Å². The van der Waals surface area contributed by atoms with Crippen molar-refractivity contribution in [3.8, 4) is 0 Å². The molecule has 0 bridgehead atoms. The van der Waals surface area contributed by atoms with Gasteiger partial charge in [-0.05, 0) is 0 Å². The molecule has 0 saturated heterocycles. The van der Waals surface area contributed by atoms with Gasteiger partial charge in [-0.1, -0.05) is 19.7 Å². The molecular weight excluding hydrogens is 374 g/mol. The second-order valence-corrected chi connectivity index (χ2v) is 5.56. The Morgan fingerprint density at radius 1 is 0.679 bits per heavy atom. The highest BCUT2D eigenvalue weighted by Gasteiger charge is 2.37. The number of carbonyl (C=O) groups is 5. The number of nitrogens with two attached hydrogens (primary N) is 1. The lowest BCUT2D eigenvalue weighted by Gasteiger charge is -2.31. The number of hydrogen-bond acceptors (Lipinski definition) is 9. The normalized spacial score (nSPS) is 10.1. The van der Waals surface area contributed by atoms with E-state index < -0.39 is 61.6 Å². The quantitative estimate of drug-likeness (QED) is 0.242. The molecular formula is C18H23NO9. The smallest absolute Gasteiger partial charge is 0.330 e. The van der Waals surface area contributed by atoms with Gasteiger partial charge < -0.3 is 24.7 Å². The lowest BCUT2D eigenvalue weighted by atomic mass is 9.92. The Morgan fingerprint density at radius 3 is 1.36 bits per heavy atom. The van der Waals surface area contributed by atoms with Gasteiger partial charge in [0.05, 0.1) is 6.42 Å². The zero-order chi connectivity index (χ0) is 21.6. The molecule has 28 heavy (non-hydrogen) atoms. The summed E-state index contributed by atoms with van der Waals surface area (Å²) in [6.45, 7) is 7.99. The van der Waals surface area contributed by atoms with Crippen LogP contribution in [0.15, 0.2) is 38.0 Å². The van der Waals surface area contributed by atoms with Gasteiger partial charge in [0, 0.05) is 24.6 Å². The van der Waals surface area contributed by atoms with Crippen LogP contribution in [0.4, 0.5) is 0 Å². The molecule has 0 aliphatic heterocycles. The summed E-state index contributed by atoms with van der Waals surface area (Å²) >= 11 is 0. The summed E-state index contributed by atoms with van der Waals surface area (Å²) in [5, 5.41) is 0. The summed E-state index contributed by atoms with van der Waals surface area (Å²) in [6, 6.07) is 0. The van der Waals surface area contributed by atoms with Crippen LogP contribution in [-0.4, -0.2) is 56.2 Å². The van der Waals surface area contributed by atoms with E-state index in [1.807, 2.05) is 0 Å². The van der Waals surface area contributed by atoms with Gasteiger partial charge in [0.15, 0.2) is 0 Å². The minimum Gasteiger partial charge on any atom is -0.465 e. The summed E-state index contributed by atoms with van der Waals surface area (Å²) in [7, 11) is 0. The molecule has 0 aromatic carbocycles. The highest BCUT2D eigenvalue weighted by atomic mass is 16.6.